The summed E-state index contributed by atoms with van der Waals surface area (Å²) < 4.78 is 0. The Kier molecular flexibility index (Phi) is 4.40. The van der Waals surface area contributed by atoms with Crippen molar-refractivity contribution in [2.75, 3.05) is 13.1 Å². The number of hydrogen-bond acceptors (Lipinski definition) is 1. The van der Waals surface area contributed by atoms with Crippen LogP contribution in [0.3, 0.4) is 0 Å². The van der Waals surface area contributed by atoms with E-state index in [0.717, 1.165) is 18.3 Å². The minimum atomic E-state index is 0.501. The summed E-state index contributed by atoms with van der Waals surface area (Å²) in [5.74, 6) is 1.60. The van der Waals surface area contributed by atoms with Gasteiger partial charge in [-0.3, -0.25) is 4.90 Å². The second-order valence-electron chi connectivity index (χ2n) is 6.52. The Hall–Kier alpha value is -1.60. The van der Waals surface area contributed by atoms with E-state index in [-0.39, 0.29) is 0 Å². The number of hydrogen-bond donors (Lipinski definition) is 0. The van der Waals surface area contributed by atoms with Crippen LogP contribution in [0, 0.1) is 11.8 Å². The molecule has 3 unspecified atom stereocenters. The molecule has 1 saturated heterocycles. The van der Waals surface area contributed by atoms with Gasteiger partial charge in [-0.15, -0.1) is 0 Å². The van der Waals surface area contributed by atoms with Gasteiger partial charge in [0, 0.05) is 19.1 Å². The van der Waals surface area contributed by atoms with E-state index in [1.807, 2.05) is 0 Å². The Morgan fingerprint density at radius 1 is 0.857 bits per heavy atom. The first-order valence-electron chi connectivity index (χ1n) is 8.07. The van der Waals surface area contributed by atoms with E-state index in [1.54, 1.807) is 0 Å². The van der Waals surface area contributed by atoms with Gasteiger partial charge >= 0.3 is 0 Å². The van der Waals surface area contributed by atoms with Gasteiger partial charge in [-0.25, -0.2) is 0 Å². The average Bonchev–Trinajstić information content (AvgIpc) is 2.86. The first kappa shape index (κ1) is 14.3. The van der Waals surface area contributed by atoms with E-state index < -0.39 is 0 Å². The molecule has 110 valence electrons. The molecule has 2 aromatic carbocycles. The SMILES string of the molecule is CC1CN(C(Cc2ccccc2)c2ccccc2)CC1C. The van der Waals surface area contributed by atoms with Gasteiger partial charge in [0.05, 0.1) is 0 Å². The first-order chi connectivity index (χ1) is 10.2. The Balaban J connectivity index is 1.85. The average molecular weight is 279 g/mol. The fourth-order valence-corrected chi connectivity index (χ4v) is 3.40. The molecule has 3 atom stereocenters. The fraction of sp³-hybridized carbons (Fsp3) is 0.400. The third kappa shape index (κ3) is 3.36. The van der Waals surface area contributed by atoms with Gasteiger partial charge in [-0.1, -0.05) is 74.5 Å². The predicted molar refractivity (Wildman–Crippen MR) is 89.2 cm³/mol. The largest absolute Gasteiger partial charge is 0.295 e. The van der Waals surface area contributed by atoms with Gasteiger partial charge in [-0.2, -0.15) is 0 Å². The molecule has 0 amide bonds. The molecular weight excluding hydrogens is 254 g/mol. The highest BCUT2D eigenvalue weighted by molar-refractivity contribution is 5.24. The standard InChI is InChI=1S/C20H25N/c1-16-14-21(15-17(16)2)20(19-11-7-4-8-12-19)13-18-9-5-3-6-10-18/h3-12,16-17,20H,13-15H2,1-2H3. The lowest BCUT2D eigenvalue weighted by atomic mass is 9.97. The van der Waals surface area contributed by atoms with Gasteiger partial charge < -0.3 is 0 Å². The smallest absolute Gasteiger partial charge is 0.0388 e. The molecule has 21 heavy (non-hydrogen) atoms. The zero-order chi connectivity index (χ0) is 14.7. The van der Waals surface area contributed by atoms with Crippen LogP contribution >= 0.6 is 0 Å². The van der Waals surface area contributed by atoms with Crippen molar-refractivity contribution in [3.8, 4) is 0 Å². The van der Waals surface area contributed by atoms with Gasteiger partial charge in [-0.05, 0) is 29.4 Å². The molecule has 0 radical (unpaired) electrons. The monoisotopic (exact) mass is 279 g/mol. The van der Waals surface area contributed by atoms with Crippen molar-refractivity contribution in [3.05, 3.63) is 71.8 Å². The topological polar surface area (TPSA) is 3.24 Å². The molecule has 1 nitrogen and oxygen atoms in total. The first-order valence-corrected chi connectivity index (χ1v) is 8.07. The lowest BCUT2D eigenvalue weighted by Crippen LogP contribution is -2.28. The van der Waals surface area contributed by atoms with Crippen LogP contribution in [0.5, 0.6) is 0 Å². The van der Waals surface area contributed by atoms with Crippen LogP contribution in [0.25, 0.3) is 0 Å². The number of rotatable bonds is 4. The Labute approximate surface area is 128 Å². The summed E-state index contributed by atoms with van der Waals surface area (Å²) in [6.07, 6.45) is 1.10. The second kappa shape index (κ2) is 6.44. The van der Waals surface area contributed by atoms with Crippen molar-refractivity contribution >= 4 is 0 Å². The Bertz CT molecular complexity index is 539. The lowest BCUT2D eigenvalue weighted by Gasteiger charge is -2.28. The summed E-state index contributed by atoms with van der Waals surface area (Å²) in [6, 6.07) is 22.4. The predicted octanol–water partition coefficient (Wildman–Crippen LogP) is 4.56. The third-order valence-corrected chi connectivity index (χ3v) is 4.91. The van der Waals surface area contributed by atoms with Crippen molar-refractivity contribution in [3.63, 3.8) is 0 Å². The van der Waals surface area contributed by atoms with Crippen molar-refractivity contribution in [2.24, 2.45) is 11.8 Å². The van der Waals surface area contributed by atoms with Crippen LogP contribution in [-0.2, 0) is 6.42 Å². The van der Waals surface area contributed by atoms with E-state index in [1.165, 1.54) is 24.2 Å². The maximum atomic E-state index is 2.68. The van der Waals surface area contributed by atoms with Crippen molar-refractivity contribution < 1.29 is 0 Å². The molecule has 1 aliphatic rings. The number of likely N-dealkylation sites (tertiary alicyclic amines) is 1. The van der Waals surface area contributed by atoms with Gasteiger partial charge in [0.15, 0.2) is 0 Å². The fourth-order valence-electron chi connectivity index (χ4n) is 3.40. The lowest BCUT2D eigenvalue weighted by molar-refractivity contribution is 0.233. The molecule has 1 fully saturated rings. The minimum Gasteiger partial charge on any atom is -0.295 e. The van der Waals surface area contributed by atoms with Crippen LogP contribution in [0.15, 0.2) is 60.7 Å². The summed E-state index contributed by atoms with van der Waals surface area (Å²) in [5.41, 5.74) is 2.88. The van der Waals surface area contributed by atoms with E-state index >= 15 is 0 Å². The highest BCUT2D eigenvalue weighted by Gasteiger charge is 2.31. The Morgan fingerprint density at radius 2 is 1.38 bits per heavy atom. The zero-order valence-corrected chi connectivity index (χ0v) is 13.1. The van der Waals surface area contributed by atoms with Crippen molar-refractivity contribution in [1.29, 1.82) is 0 Å². The highest BCUT2D eigenvalue weighted by atomic mass is 15.2. The molecule has 1 heteroatoms. The molecule has 1 aliphatic heterocycles. The molecule has 1 heterocycles. The molecule has 0 saturated carbocycles. The summed E-state index contributed by atoms with van der Waals surface area (Å²) in [6.45, 7) is 7.20. The molecule has 0 aromatic heterocycles. The van der Waals surface area contributed by atoms with E-state index in [0.29, 0.717) is 6.04 Å². The highest BCUT2D eigenvalue weighted by Crippen LogP contribution is 2.32. The van der Waals surface area contributed by atoms with E-state index in [9.17, 15) is 0 Å². The summed E-state index contributed by atoms with van der Waals surface area (Å²) in [4.78, 5) is 2.68. The van der Waals surface area contributed by atoms with Crippen LogP contribution in [-0.4, -0.2) is 18.0 Å². The van der Waals surface area contributed by atoms with E-state index in [2.05, 4.69) is 79.4 Å². The van der Waals surface area contributed by atoms with Crippen molar-refractivity contribution in [1.82, 2.24) is 4.90 Å². The molecule has 0 aliphatic carbocycles. The quantitative estimate of drug-likeness (QED) is 0.793. The maximum Gasteiger partial charge on any atom is 0.0388 e. The van der Waals surface area contributed by atoms with Crippen LogP contribution in [0.1, 0.15) is 31.0 Å². The third-order valence-electron chi connectivity index (χ3n) is 4.91. The summed E-state index contributed by atoms with van der Waals surface area (Å²) >= 11 is 0. The van der Waals surface area contributed by atoms with Crippen LogP contribution < -0.4 is 0 Å². The van der Waals surface area contributed by atoms with Gasteiger partial charge in [0.25, 0.3) is 0 Å². The maximum absolute atomic E-state index is 2.68. The van der Waals surface area contributed by atoms with Crippen molar-refractivity contribution in [2.45, 2.75) is 26.3 Å². The number of nitrogens with zero attached hydrogens (tertiary/aromatic N) is 1. The van der Waals surface area contributed by atoms with E-state index in [4.69, 9.17) is 0 Å². The zero-order valence-electron chi connectivity index (χ0n) is 13.1. The number of benzene rings is 2. The summed E-state index contributed by atoms with van der Waals surface area (Å²) in [7, 11) is 0. The molecule has 2 aromatic rings. The molecule has 3 rings (SSSR count). The minimum absolute atomic E-state index is 0.501. The molecule has 0 N–H and O–H groups in total. The van der Waals surface area contributed by atoms with Crippen LogP contribution in [0.2, 0.25) is 0 Å². The van der Waals surface area contributed by atoms with Gasteiger partial charge in [0.2, 0.25) is 0 Å². The Morgan fingerprint density at radius 3 is 1.95 bits per heavy atom. The second-order valence-corrected chi connectivity index (χ2v) is 6.52. The molecular formula is C20H25N. The van der Waals surface area contributed by atoms with Crippen LogP contribution in [0.4, 0.5) is 0 Å². The molecule has 0 bridgehead atoms. The van der Waals surface area contributed by atoms with Gasteiger partial charge in [0.1, 0.15) is 0 Å². The molecule has 0 spiro atoms. The normalized spacial score (nSPS) is 24.1. The summed E-state index contributed by atoms with van der Waals surface area (Å²) in [5, 5.41) is 0.